The lowest BCUT2D eigenvalue weighted by Gasteiger charge is -2.10. The molecule has 2 heterocycles. The average Bonchev–Trinajstić information content (AvgIpc) is 3.60. The summed E-state index contributed by atoms with van der Waals surface area (Å²) >= 11 is 0. The zero-order valence-electron chi connectivity index (χ0n) is 27.5. The van der Waals surface area contributed by atoms with Crippen LogP contribution in [0.3, 0.4) is 0 Å². The van der Waals surface area contributed by atoms with Gasteiger partial charge in [-0.25, -0.2) is 15.0 Å². The van der Waals surface area contributed by atoms with Gasteiger partial charge in [0.25, 0.3) is 0 Å². The predicted molar refractivity (Wildman–Crippen MR) is 209 cm³/mol. The van der Waals surface area contributed by atoms with Gasteiger partial charge in [-0.05, 0) is 50.4 Å². The molecule has 0 saturated heterocycles. The van der Waals surface area contributed by atoms with Crippen LogP contribution in [0, 0.1) is 0 Å². The van der Waals surface area contributed by atoms with Crippen molar-refractivity contribution in [1.29, 1.82) is 0 Å². The lowest BCUT2D eigenvalue weighted by atomic mass is 9.98. The second kappa shape index (κ2) is 11.9. The van der Waals surface area contributed by atoms with Gasteiger partial charge in [0.05, 0.1) is 0 Å². The second-order valence-electron chi connectivity index (χ2n) is 12.8. The van der Waals surface area contributed by atoms with Gasteiger partial charge in [-0.2, -0.15) is 0 Å². The number of para-hydroxylation sites is 1. The van der Waals surface area contributed by atoms with E-state index in [4.69, 9.17) is 19.4 Å². The Morgan fingerprint density at radius 3 is 1.73 bits per heavy atom. The highest BCUT2D eigenvalue weighted by Crippen LogP contribution is 2.41. The highest BCUT2D eigenvalue weighted by Gasteiger charge is 2.20. The molecule has 0 N–H and O–H groups in total. The molecule has 0 aliphatic heterocycles. The number of rotatable bonds is 5. The first-order valence-electron chi connectivity index (χ1n) is 17.1. The van der Waals surface area contributed by atoms with Crippen molar-refractivity contribution in [3.8, 4) is 56.4 Å². The molecule has 10 aromatic rings. The Hall–Kier alpha value is -6.91. The van der Waals surface area contributed by atoms with Crippen LogP contribution in [0.25, 0.3) is 99.9 Å². The third-order valence-electron chi connectivity index (χ3n) is 9.74. The fourth-order valence-corrected chi connectivity index (χ4v) is 7.23. The molecule has 0 fully saturated rings. The Balaban J connectivity index is 1.14. The molecule has 2 aromatic heterocycles. The summed E-state index contributed by atoms with van der Waals surface area (Å²) in [6.07, 6.45) is 0. The topological polar surface area (TPSA) is 51.8 Å². The molecular weight excluding hydrogens is 623 g/mol. The third kappa shape index (κ3) is 5.04. The van der Waals surface area contributed by atoms with Gasteiger partial charge < -0.3 is 4.42 Å². The Bertz CT molecular complexity index is 2900. The largest absolute Gasteiger partial charge is 0.455 e. The van der Waals surface area contributed by atoms with Gasteiger partial charge in [0.15, 0.2) is 17.5 Å². The van der Waals surface area contributed by atoms with Gasteiger partial charge in [-0.3, -0.25) is 0 Å². The Morgan fingerprint density at radius 1 is 0.333 bits per heavy atom. The van der Waals surface area contributed by atoms with E-state index in [9.17, 15) is 0 Å². The molecule has 0 saturated carbocycles. The van der Waals surface area contributed by atoms with Crippen molar-refractivity contribution in [2.24, 2.45) is 0 Å². The quantitative estimate of drug-likeness (QED) is 0.174. The normalized spacial score (nSPS) is 11.5. The fourth-order valence-electron chi connectivity index (χ4n) is 7.23. The van der Waals surface area contributed by atoms with E-state index in [0.29, 0.717) is 17.5 Å². The van der Waals surface area contributed by atoms with Gasteiger partial charge in [0.2, 0.25) is 0 Å². The summed E-state index contributed by atoms with van der Waals surface area (Å²) < 4.78 is 6.66. The molecule has 4 nitrogen and oxygen atoms in total. The minimum Gasteiger partial charge on any atom is -0.455 e. The zero-order valence-corrected chi connectivity index (χ0v) is 27.5. The molecule has 0 spiro atoms. The van der Waals surface area contributed by atoms with Crippen molar-refractivity contribution in [1.82, 2.24) is 15.0 Å². The number of aromatic nitrogens is 3. The van der Waals surface area contributed by atoms with E-state index in [1.165, 1.54) is 27.3 Å². The van der Waals surface area contributed by atoms with E-state index in [0.717, 1.165) is 55.1 Å². The molecule has 0 bridgehead atoms. The molecule has 0 radical (unpaired) electrons. The molecule has 4 heteroatoms. The summed E-state index contributed by atoms with van der Waals surface area (Å²) in [6, 6.07) is 61.0. The number of furan rings is 1. The standard InChI is InChI=1S/C47H29N3O/c1-3-11-30(12-4-1)31-21-23-33(24-22-31)39-17-9-18-40-43-41(19-10-20-42(43)51-44(39)40)47-49-45(34-14-5-2-6-15-34)48-46(50-47)36-27-28-38-35(29-36)26-25-32-13-7-8-16-37(32)38/h1-29H. The molecule has 0 atom stereocenters. The molecule has 0 aliphatic rings. The minimum absolute atomic E-state index is 0.600. The monoisotopic (exact) mass is 651 g/mol. The lowest BCUT2D eigenvalue weighted by Crippen LogP contribution is -2.00. The van der Waals surface area contributed by atoms with Crippen molar-refractivity contribution < 1.29 is 4.42 Å². The number of hydrogen-bond donors (Lipinski definition) is 0. The third-order valence-corrected chi connectivity index (χ3v) is 9.74. The Labute approximate surface area is 294 Å². The molecule has 8 aromatic carbocycles. The van der Waals surface area contributed by atoms with Crippen LogP contribution in [-0.4, -0.2) is 15.0 Å². The van der Waals surface area contributed by atoms with E-state index in [1.807, 2.05) is 48.5 Å². The number of fused-ring (bicyclic) bond motifs is 6. The fraction of sp³-hybridized carbons (Fsp3) is 0. The van der Waals surface area contributed by atoms with Gasteiger partial charge in [0.1, 0.15) is 11.2 Å². The van der Waals surface area contributed by atoms with Crippen molar-refractivity contribution in [2.75, 3.05) is 0 Å². The van der Waals surface area contributed by atoms with Gasteiger partial charge >= 0.3 is 0 Å². The SMILES string of the molecule is c1ccc(-c2ccc(-c3cccc4c3oc3cccc(-c5nc(-c6ccccc6)nc(-c6ccc7c(ccc8ccccc87)c6)n5)c34)cc2)cc1. The maximum atomic E-state index is 6.66. The molecule has 238 valence electrons. The van der Waals surface area contributed by atoms with E-state index in [-0.39, 0.29) is 0 Å². The first kappa shape index (κ1) is 29.0. The minimum atomic E-state index is 0.600. The van der Waals surface area contributed by atoms with Crippen molar-refractivity contribution in [2.45, 2.75) is 0 Å². The van der Waals surface area contributed by atoms with Crippen LogP contribution >= 0.6 is 0 Å². The van der Waals surface area contributed by atoms with Crippen molar-refractivity contribution in [3.05, 3.63) is 176 Å². The maximum Gasteiger partial charge on any atom is 0.164 e. The van der Waals surface area contributed by atoms with Crippen LogP contribution in [-0.2, 0) is 0 Å². The summed E-state index contributed by atoms with van der Waals surface area (Å²) in [6.45, 7) is 0. The van der Waals surface area contributed by atoms with Gasteiger partial charge in [0, 0.05) is 33.0 Å². The van der Waals surface area contributed by atoms with Crippen LogP contribution in [0.4, 0.5) is 0 Å². The van der Waals surface area contributed by atoms with Gasteiger partial charge in [-0.15, -0.1) is 0 Å². The van der Waals surface area contributed by atoms with E-state index < -0.39 is 0 Å². The van der Waals surface area contributed by atoms with Crippen molar-refractivity contribution >= 4 is 43.5 Å². The van der Waals surface area contributed by atoms with E-state index in [1.54, 1.807) is 0 Å². The van der Waals surface area contributed by atoms with Crippen LogP contribution in [0.5, 0.6) is 0 Å². The highest BCUT2D eigenvalue weighted by molar-refractivity contribution is 6.15. The summed E-state index contributed by atoms with van der Waals surface area (Å²) in [5.74, 6) is 1.85. The maximum absolute atomic E-state index is 6.66. The predicted octanol–water partition coefficient (Wildman–Crippen LogP) is 12.4. The van der Waals surface area contributed by atoms with Crippen molar-refractivity contribution in [3.63, 3.8) is 0 Å². The lowest BCUT2D eigenvalue weighted by molar-refractivity contribution is 0.670. The molecule has 51 heavy (non-hydrogen) atoms. The highest BCUT2D eigenvalue weighted by atomic mass is 16.3. The Morgan fingerprint density at radius 2 is 0.902 bits per heavy atom. The van der Waals surface area contributed by atoms with Crippen LogP contribution < -0.4 is 0 Å². The van der Waals surface area contributed by atoms with Crippen LogP contribution in [0.15, 0.2) is 180 Å². The summed E-state index contributed by atoms with van der Waals surface area (Å²) in [5.41, 5.74) is 8.90. The first-order valence-corrected chi connectivity index (χ1v) is 17.1. The second-order valence-corrected chi connectivity index (χ2v) is 12.8. The van der Waals surface area contributed by atoms with E-state index in [2.05, 4.69) is 127 Å². The van der Waals surface area contributed by atoms with Crippen LogP contribution in [0.2, 0.25) is 0 Å². The molecule has 10 rings (SSSR count). The Kier molecular flexibility index (Phi) is 6.78. The summed E-state index contributed by atoms with van der Waals surface area (Å²) in [5, 5.41) is 6.80. The number of nitrogens with zero attached hydrogens (tertiary/aromatic N) is 3. The molecular formula is C47H29N3O. The average molecular weight is 652 g/mol. The number of hydrogen-bond acceptors (Lipinski definition) is 4. The first-order chi connectivity index (χ1) is 25.3. The molecule has 0 unspecified atom stereocenters. The van der Waals surface area contributed by atoms with Crippen LogP contribution in [0.1, 0.15) is 0 Å². The number of benzene rings is 8. The molecule has 0 aliphatic carbocycles. The summed E-state index contributed by atoms with van der Waals surface area (Å²) in [4.78, 5) is 15.3. The summed E-state index contributed by atoms with van der Waals surface area (Å²) in [7, 11) is 0. The van der Waals surface area contributed by atoms with E-state index >= 15 is 0 Å². The zero-order chi connectivity index (χ0) is 33.7. The smallest absolute Gasteiger partial charge is 0.164 e. The molecule has 0 amide bonds. The van der Waals surface area contributed by atoms with Gasteiger partial charge in [-0.1, -0.05) is 164 Å².